The van der Waals surface area contributed by atoms with Gasteiger partial charge in [-0.1, -0.05) is 19.8 Å². The van der Waals surface area contributed by atoms with Crippen LogP contribution < -0.4 is 4.74 Å². The molecule has 20 heavy (non-hydrogen) atoms. The van der Waals surface area contributed by atoms with E-state index >= 15 is 0 Å². The van der Waals surface area contributed by atoms with Gasteiger partial charge in [-0.3, -0.25) is 4.57 Å². The van der Waals surface area contributed by atoms with Gasteiger partial charge in [0.05, 0.1) is 12.6 Å². The van der Waals surface area contributed by atoms with E-state index in [1.807, 2.05) is 12.1 Å². The summed E-state index contributed by atoms with van der Waals surface area (Å²) in [6, 6.07) is 4.32. The SMILES string of the molecule is COc1ccc2[nH]c(=S)n(C3CCCC(C)CC3)c2n1. The smallest absolute Gasteiger partial charge is 0.215 e. The zero-order chi connectivity index (χ0) is 14.1. The van der Waals surface area contributed by atoms with Crippen LogP contribution in [0.4, 0.5) is 0 Å². The summed E-state index contributed by atoms with van der Waals surface area (Å²) in [5.74, 6) is 1.46. The first kappa shape index (κ1) is 13.6. The van der Waals surface area contributed by atoms with Gasteiger partial charge in [0.25, 0.3) is 0 Å². The van der Waals surface area contributed by atoms with Gasteiger partial charge in [0.1, 0.15) is 0 Å². The van der Waals surface area contributed by atoms with Gasteiger partial charge in [-0.15, -0.1) is 0 Å². The average molecular weight is 291 g/mol. The van der Waals surface area contributed by atoms with E-state index in [1.165, 1.54) is 32.1 Å². The normalized spacial score (nSPS) is 23.7. The standard InChI is InChI=1S/C15H21N3OS/c1-10-4-3-5-11(7-6-10)18-14-12(16-15(18)20)8-9-13(17-14)19-2/h8-11H,3-7H2,1-2H3,(H,16,20). The van der Waals surface area contributed by atoms with E-state index in [2.05, 4.69) is 21.5 Å². The molecule has 0 amide bonds. The number of nitrogens with zero attached hydrogens (tertiary/aromatic N) is 2. The summed E-state index contributed by atoms with van der Waals surface area (Å²) in [5, 5.41) is 0. The van der Waals surface area contributed by atoms with E-state index in [-0.39, 0.29) is 0 Å². The molecule has 0 aromatic carbocycles. The third-order valence-electron chi connectivity index (χ3n) is 4.34. The van der Waals surface area contributed by atoms with Gasteiger partial charge in [0.2, 0.25) is 5.88 Å². The van der Waals surface area contributed by atoms with Crippen LogP contribution in [0.2, 0.25) is 0 Å². The predicted molar refractivity (Wildman–Crippen MR) is 82.8 cm³/mol. The summed E-state index contributed by atoms with van der Waals surface area (Å²) in [6.07, 6.45) is 6.22. The maximum atomic E-state index is 5.51. The van der Waals surface area contributed by atoms with Crippen LogP contribution in [0, 0.1) is 10.7 Å². The number of imidazole rings is 1. The molecule has 0 spiro atoms. The van der Waals surface area contributed by atoms with Crippen LogP contribution in [-0.2, 0) is 0 Å². The number of H-pyrrole nitrogens is 1. The second-order valence-electron chi connectivity index (χ2n) is 5.79. The fourth-order valence-electron chi connectivity index (χ4n) is 3.16. The molecule has 0 saturated heterocycles. The van der Waals surface area contributed by atoms with Gasteiger partial charge in [-0.25, -0.2) is 0 Å². The molecule has 1 fully saturated rings. The molecule has 1 aliphatic carbocycles. The lowest BCUT2D eigenvalue weighted by Crippen LogP contribution is -2.09. The van der Waals surface area contributed by atoms with E-state index < -0.39 is 0 Å². The molecule has 1 saturated carbocycles. The van der Waals surface area contributed by atoms with Crippen LogP contribution in [0.25, 0.3) is 11.2 Å². The molecule has 1 N–H and O–H groups in total. The van der Waals surface area contributed by atoms with E-state index in [0.29, 0.717) is 11.9 Å². The van der Waals surface area contributed by atoms with Crippen molar-refractivity contribution in [3.05, 3.63) is 16.9 Å². The Labute approximate surface area is 124 Å². The lowest BCUT2D eigenvalue weighted by Gasteiger charge is -2.16. The number of aromatic amines is 1. The number of aromatic nitrogens is 3. The van der Waals surface area contributed by atoms with Gasteiger partial charge >= 0.3 is 0 Å². The first-order valence-electron chi connectivity index (χ1n) is 7.34. The highest BCUT2D eigenvalue weighted by atomic mass is 32.1. The van der Waals surface area contributed by atoms with Crippen molar-refractivity contribution in [1.82, 2.24) is 14.5 Å². The number of ether oxygens (including phenoxy) is 1. The quantitative estimate of drug-likeness (QED) is 0.664. The molecule has 108 valence electrons. The third kappa shape index (κ3) is 2.46. The van der Waals surface area contributed by atoms with Crippen LogP contribution in [0.3, 0.4) is 0 Å². The molecular weight excluding hydrogens is 270 g/mol. The molecule has 2 unspecified atom stereocenters. The molecule has 2 heterocycles. The molecule has 3 rings (SSSR count). The van der Waals surface area contributed by atoms with Crippen molar-refractivity contribution in [2.75, 3.05) is 7.11 Å². The second kappa shape index (κ2) is 5.56. The molecule has 5 heteroatoms. The largest absolute Gasteiger partial charge is 0.481 e. The van der Waals surface area contributed by atoms with Gasteiger partial charge in [-0.2, -0.15) is 4.98 Å². The number of pyridine rings is 1. The van der Waals surface area contributed by atoms with Crippen LogP contribution in [-0.4, -0.2) is 21.6 Å². The van der Waals surface area contributed by atoms with E-state index in [9.17, 15) is 0 Å². The Morgan fingerprint density at radius 2 is 2.15 bits per heavy atom. The van der Waals surface area contributed by atoms with E-state index in [1.54, 1.807) is 7.11 Å². The Bertz CT molecular complexity index is 661. The van der Waals surface area contributed by atoms with Crippen molar-refractivity contribution in [3.63, 3.8) is 0 Å². The van der Waals surface area contributed by atoms with Crippen molar-refractivity contribution < 1.29 is 4.74 Å². The highest BCUT2D eigenvalue weighted by Crippen LogP contribution is 2.32. The molecule has 2 aromatic rings. The Balaban J connectivity index is 2.05. The summed E-state index contributed by atoms with van der Waals surface area (Å²) in [7, 11) is 1.65. The fraction of sp³-hybridized carbons (Fsp3) is 0.600. The van der Waals surface area contributed by atoms with Crippen molar-refractivity contribution in [1.29, 1.82) is 0 Å². The van der Waals surface area contributed by atoms with Crippen LogP contribution in [0.15, 0.2) is 12.1 Å². The Kier molecular flexibility index (Phi) is 3.78. The van der Waals surface area contributed by atoms with E-state index in [0.717, 1.165) is 21.9 Å². The molecule has 2 atom stereocenters. The van der Waals surface area contributed by atoms with Crippen LogP contribution in [0.1, 0.15) is 45.1 Å². The highest BCUT2D eigenvalue weighted by molar-refractivity contribution is 7.71. The maximum absolute atomic E-state index is 5.51. The minimum Gasteiger partial charge on any atom is -0.481 e. The zero-order valence-electron chi connectivity index (χ0n) is 12.1. The molecule has 0 radical (unpaired) electrons. The summed E-state index contributed by atoms with van der Waals surface area (Å²) in [5.41, 5.74) is 1.92. The van der Waals surface area contributed by atoms with Crippen LogP contribution in [0.5, 0.6) is 5.88 Å². The molecule has 4 nitrogen and oxygen atoms in total. The van der Waals surface area contributed by atoms with Crippen molar-refractivity contribution in [2.24, 2.45) is 5.92 Å². The summed E-state index contributed by atoms with van der Waals surface area (Å²) in [6.45, 7) is 2.35. The molecule has 2 aromatic heterocycles. The molecule has 0 aliphatic heterocycles. The van der Waals surface area contributed by atoms with Gasteiger partial charge in [0.15, 0.2) is 10.4 Å². The zero-order valence-corrected chi connectivity index (χ0v) is 12.9. The Morgan fingerprint density at radius 1 is 1.30 bits per heavy atom. The first-order chi connectivity index (χ1) is 9.69. The summed E-state index contributed by atoms with van der Waals surface area (Å²) < 4.78 is 8.22. The first-order valence-corrected chi connectivity index (χ1v) is 7.75. The second-order valence-corrected chi connectivity index (χ2v) is 6.18. The minimum atomic E-state index is 0.459. The van der Waals surface area contributed by atoms with Crippen molar-refractivity contribution in [3.8, 4) is 5.88 Å². The molecular formula is C15H21N3OS. The number of hydrogen-bond acceptors (Lipinski definition) is 3. The Hall–Kier alpha value is -1.36. The predicted octanol–water partition coefficient (Wildman–Crippen LogP) is 4.24. The van der Waals surface area contributed by atoms with Gasteiger partial charge in [-0.05, 0) is 43.5 Å². The highest BCUT2D eigenvalue weighted by Gasteiger charge is 2.21. The van der Waals surface area contributed by atoms with Gasteiger partial charge in [0, 0.05) is 12.1 Å². The third-order valence-corrected chi connectivity index (χ3v) is 4.64. The van der Waals surface area contributed by atoms with Crippen LogP contribution >= 0.6 is 12.2 Å². The summed E-state index contributed by atoms with van der Waals surface area (Å²) >= 11 is 5.51. The topological polar surface area (TPSA) is 42.8 Å². The number of fused-ring (bicyclic) bond motifs is 1. The lowest BCUT2D eigenvalue weighted by atomic mass is 10.0. The summed E-state index contributed by atoms with van der Waals surface area (Å²) in [4.78, 5) is 7.85. The minimum absolute atomic E-state index is 0.459. The van der Waals surface area contributed by atoms with Gasteiger partial charge < -0.3 is 9.72 Å². The molecule has 0 bridgehead atoms. The Morgan fingerprint density at radius 3 is 2.95 bits per heavy atom. The lowest BCUT2D eigenvalue weighted by molar-refractivity contribution is 0.396. The van der Waals surface area contributed by atoms with Crippen molar-refractivity contribution in [2.45, 2.75) is 45.1 Å². The van der Waals surface area contributed by atoms with E-state index in [4.69, 9.17) is 17.0 Å². The monoisotopic (exact) mass is 291 g/mol. The number of methoxy groups -OCH3 is 1. The van der Waals surface area contributed by atoms with Crippen molar-refractivity contribution >= 4 is 23.4 Å². The number of nitrogens with one attached hydrogen (secondary N) is 1. The fourth-order valence-corrected chi connectivity index (χ4v) is 3.51. The maximum Gasteiger partial charge on any atom is 0.215 e. The number of hydrogen-bond donors (Lipinski definition) is 1. The average Bonchev–Trinajstić information content (AvgIpc) is 2.61. The number of rotatable bonds is 2. The molecule has 1 aliphatic rings.